The van der Waals surface area contributed by atoms with Crippen LogP contribution in [0.4, 0.5) is 5.82 Å². The summed E-state index contributed by atoms with van der Waals surface area (Å²) in [4.78, 5) is 55.5. The minimum Gasteiger partial charge on any atom is -0.369 e. The monoisotopic (exact) mass is 658 g/mol. The van der Waals surface area contributed by atoms with E-state index in [0.717, 1.165) is 59.1 Å². The lowest BCUT2D eigenvalue weighted by Gasteiger charge is -2.25. The van der Waals surface area contributed by atoms with Crippen LogP contribution in [-0.4, -0.2) is 78.6 Å². The SMILES string of the molecule is CP(=O)(O)OC[C@@H]1C[C@@H](OP(O)(=S)OC[C@@H]2CC[C@H](n3cc4c5c(ncnc53)NCCC4)O2)[C@H](n2ccc(=O)[nH]c2=O)O1. The van der Waals surface area contributed by atoms with Gasteiger partial charge in [-0.1, -0.05) is 0 Å². The van der Waals surface area contributed by atoms with Crippen LogP contribution in [0, 0.1) is 0 Å². The van der Waals surface area contributed by atoms with E-state index in [1.807, 2.05) is 4.57 Å². The fraction of sp³-hybridized carbons (Fsp3) is 0.583. The molecule has 0 bridgehead atoms. The highest BCUT2D eigenvalue weighted by atomic mass is 32.5. The number of nitrogens with one attached hydrogen (secondary N) is 2. The Morgan fingerprint density at radius 3 is 2.74 bits per heavy atom. The van der Waals surface area contributed by atoms with Crippen molar-refractivity contribution in [1.29, 1.82) is 0 Å². The van der Waals surface area contributed by atoms with Crippen molar-refractivity contribution in [2.45, 2.75) is 62.9 Å². The lowest BCUT2D eigenvalue weighted by molar-refractivity contribution is -0.0514. The number of aromatic amines is 1. The van der Waals surface area contributed by atoms with Crippen molar-refractivity contribution in [3.63, 3.8) is 0 Å². The van der Waals surface area contributed by atoms with Gasteiger partial charge in [-0.25, -0.2) is 14.8 Å². The molecule has 7 atom stereocenters. The second-order valence-electron chi connectivity index (χ2n) is 10.7. The molecule has 6 rings (SSSR count). The van der Waals surface area contributed by atoms with E-state index < -0.39 is 44.0 Å². The molecule has 3 aromatic heterocycles. The summed E-state index contributed by atoms with van der Waals surface area (Å²) in [5, 5.41) is 4.36. The average molecular weight is 659 g/mol. The van der Waals surface area contributed by atoms with Crippen molar-refractivity contribution < 1.29 is 37.4 Å². The van der Waals surface area contributed by atoms with Gasteiger partial charge in [-0.3, -0.25) is 18.9 Å². The van der Waals surface area contributed by atoms with Gasteiger partial charge in [-0.05, 0) is 43.1 Å². The summed E-state index contributed by atoms with van der Waals surface area (Å²) in [6.45, 7) is -2.31. The number of hydrogen-bond acceptors (Lipinski definition) is 12. The lowest BCUT2D eigenvalue weighted by Crippen LogP contribution is -2.35. The number of hydrogen-bond donors (Lipinski definition) is 4. The van der Waals surface area contributed by atoms with E-state index in [-0.39, 0.29) is 32.0 Å². The number of aryl methyl sites for hydroxylation is 1. The summed E-state index contributed by atoms with van der Waals surface area (Å²) in [5.74, 6) is 0.819. The molecule has 0 aliphatic carbocycles. The molecule has 234 valence electrons. The van der Waals surface area contributed by atoms with Crippen LogP contribution in [0.3, 0.4) is 0 Å². The Kier molecular flexibility index (Phi) is 8.74. The molecule has 6 heterocycles. The van der Waals surface area contributed by atoms with Gasteiger partial charge in [0.2, 0.25) is 0 Å². The van der Waals surface area contributed by atoms with Crippen molar-refractivity contribution in [1.82, 2.24) is 24.1 Å². The van der Waals surface area contributed by atoms with Crippen molar-refractivity contribution in [2.75, 3.05) is 31.7 Å². The minimum atomic E-state index is -3.88. The maximum Gasteiger partial charge on any atom is 0.330 e. The molecule has 43 heavy (non-hydrogen) atoms. The van der Waals surface area contributed by atoms with E-state index in [1.165, 1.54) is 12.5 Å². The van der Waals surface area contributed by atoms with E-state index in [0.29, 0.717) is 12.8 Å². The van der Waals surface area contributed by atoms with Gasteiger partial charge in [0.25, 0.3) is 5.56 Å². The summed E-state index contributed by atoms with van der Waals surface area (Å²) in [7, 11) is -3.80. The van der Waals surface area contributed by atoms with Crippen LogP contribution < -0.4 is 16.6 Å². The molecule has 0 radical (unpaired) electrons. The molecule has 3 aromatic rings. The maximum absolute atomic E-state index is 12.5. The van der Waals surface area contributed by atoms with E-state index in [9.17, 15) is 23.9 Å². The van der Waals surface area contributed by atoms with Crippen LogP contribution in [-0.2, 0) is 45.8 Å². The fourth-order valence-electron chi connectivity index (χ4n) is 5.60. The summed E-state index contributed by atoms with van der Waals surface area (Å²) in [6, 6.07) is 1.13. The van der Waals surface area contributed by atoms with Crippen LogP contribution in [0.1, 0.15) is 43.7 Å². The van der Waals surface area contributed by atoms with Crippen LogP contribution >= 0.6 is 14.3 Å². The quantitative estimate of drug-likeness (QED) is 0.230. The van der Waals surface area contributed by atoms with Crippen molar-refractivity contribution in [3.8, 4) is 0 Å². The van der Waals surface area contributed by atoms with Gasteiger partial charge in [0, 0.05) is 38.1 Å². The van der Waals surface area contributed by atoms with Gasteiger partial charge < -0.3 is 42.7 Å². The lowest BCUT2D eigenvalue weighted by atomic mass is 10.1. The third-order valence-electron chi connectivity index (χ3n) is 7.46. The number of anilines is 1. The number of rotatable bonds is 10. The normalized spacial score (nSPS) is 28.3. The molecular formula is C24H32N6O10P2S. The zero-order chi connectivity index (χ0) is 30.4. The van der Waals surface area contributed by atoms with Crippen LogP contribution in [0.5, 0.6) is 0 Å². The molecule has 0 spiro atoms. The van der Waals surface area contributed by atoms with Crippen LogP contribution in [0.15, 0.2) is 34.4 Å². The Morgan fingerprint density at radius 2 is 1.95 bits per heavy atom. The predicted octanol–water partition coefficient (Wildman–Crippen LogP) is 1.76. The van der Waals surface area contributed by atoms with Gasteiger partial charge in [0.1, 0.15) is 30.1 Å². The smallest absolute Gasteiger partial charge is 0.330 e. The summed E-state index contributed by atoms with van der Waals surface area (Å²) in [6.07, 6.45) is 4.55. The molecule has 0 amide bonds. The van der Waals surface area contributed by atoms with E-state index in [1.54, 1.807) is 0 Å². The molecule has 2 unspecified atom stereocenters. The first-order valence-corrected chi connectivity index (χ1v) is 18.4. The summed E-state index contributed by atoms with van der Waals surface area (Å²) in [5.41, 5.74) is 0.581. The molecule has 0 aromatic carbocycles. The van der Waals surface area contributed by atoms with E-state index >= 15 is 0 Å². The molecular weight excluding hydrogens is 626 g/mol. The van der Waals surface area contributed by atoms with Crippen LogP contribution in [0.2, 0.25) is 0 Å². The zero-order valence-corrected chi connectivity index (χ0v) is 25.7. The Balaban J connectivity index is 1.11. The summed E-state index contributed by atoms with van der Waals surface area (Å²) < 4.78 is 43.3. The zero-order valence-electron chi connectivity index (χ0n) is 23.1. The Bertz CT molecular complexity index is 1710. The minimum absolute atomic E-state index is 0.0367. The highest BCUT2D eigenvalue weighted by Gasteiger charge is 2.42. The van der Waals surface area contributed by atoms with Crippen molar-refractivity contribution >= 4 is 43.0 Å². The van der Waals surface area contributed by atoms with Gasteiger partial charge in [-0.2, -0.15) is 0 Å². The first kappa shape index (κ1) is 30.7. The molecule has 4 N–H and O–H groups in total. The van der Waals surface area contributed by atoms with Crippen LogP contribution in [0.25, 0.3) is 11.0 Å². The van der Waals surface area contributed by atoms with Gasteiger partial charge in [0.15, 0.2) is 6.23 Å². The Labute approximate surface area is 250 Å². The van der Waals surface area contributed by atoms with Gasteiger partial charge >= 0.3 is 20.0 Å². The first-order valence-electron chi connectivity index (χ1n) is 13.8. The van der Waals surface area contributed by atoms with E-state index in [4.69, 9.17) is 34.9 Å². The molecule has 2 fully saturated rings. The van der Waals surface area contributed by atoms with Crippen molar-refractivity contribution in [3.05, 3.63) is 51.2 Å². The topological polar surface area (TPSA) is 201 Å². The second-order valence-corrected chi connectivity index (χ2v) is 15.4. The molecule has 16 nitrogen and oxygen atoms in total. The fourth-order valence-corrected chi connectivity index (χ4v) is 7.50. The summed E-state index contributed by atoms with van der Waals surface area (Å²) >= 11 is 5.29. The predicted molar refractivity (Wildman–Crippen MR) is 156 cm³/mol. The third kappa shape index (κ3) is 7.01. The number of ether oxygens (including phenoxy) is 2. The number of H-pyrrole nitrogens is 1. The number of aromatic nitrogens is 5. The Hall–Kier alpha value is -2.30. The van der Waals surface area contributed by atoms with E-state index in [2.05, 4.69) is 26.5 Å². The van der Waals surface area contributed by atoms with Gasteiger partial charge in [0.05, 0.1) is 30.8 Å². The average Bonchev–Trinajstić information content (AvgIpc) is 3.62. The largest absolute Gasteiger partial charge is 0.369 e. The maximum atomic E-state index is 12.5. The molecule has 19 heteroatoms. The highest BCUT2D eigenvalue weighted by Crippen LogP contribution is 2.50. The third-order valence-corrected chi connectivity index (χ3v) is 9.68. The molecule has 3 aliphatic rings. The first-order chi connectivity index (χ1) is 20.5. The highest BCUT2D eigenvalue weighted by molar-refractivity contribution is 8.07. The molecule has 3 aliphatic heterocycles. The Morgan fingerprint density at radius 1 is 1.14 bits per heavy atom. The number of nitrogens with zero attached hydrogens (tertiary/aromatic N) is 4. The standard InChI is InChI=1S/C24H32N6O10P2S/c1-41(33,34)36-12-16-9-17(23(39-16)29-8-6-18(31)28-24(29)32)40-42(35,43)37-11-15-4-5-19(38-15)30-10-14-3-2-7-25-21-20(14)22(30)27-13-26-21/h6,8,10,13,15-17,19,23H,2-5,7,9,11-12H2,1H3,(H,33,34)(H,35,43)(H,25,26,27)(H,28,31,32)/t15-,16-,17+,19+,23+,42?/m0/s1. The van der Waals surface area contributed by atoms with Gasteiger partial charge in [-0.15, -0.1) is 0 Å². The second kappa shape index (κ2) is 12.2. The molecule has 2 saturated heterocycles. The molecule has 0 saturated carbocycles. The van der Waals surface area contributed by atoms with Crippen molar-refractivity contribution in [2.24, 2.45) is 0 Å².